The minimum absolute atomic E-state index is 0.206. The number of carbonyl (C=O) groups is 3. The van der Waals surface area contributed by atoms with Crippen molar-refractivity contribution in [1.82, 2.24) is 0 Å². The highest BCUT2D eigenvalue weighted by Crippen LogP contribution is 2.38. The molecule has 0 radical (unpaired) electrons. The maximum Gasteiger partial charge on any atom is 0.255 e. The molecule has 6 heteroatoms. The quantitative estimate of drug-likeness (QED) is 0.651. The van der Waals surface area contributed by atoms with Gasteiger partial charge in [-0.3, -0.25) is 19.3 Å². The second-order valence-electron chi connectivity index (χ2n) is 7.67. The maximum atomic E-state index is 12.9. The van der Waals surface area contributed by atoms with Crippen molar-refractivity contribution in [3.8, 4) is 0 Å². The molecule has 0 atom stereocenters. The Morgan fingerprint density at radius 2 is 1.39 bits per heavy atom. The number of para-hydroxylation sites is 3. The highest BCUT2D eigenvalue weighted by atomic mass is 16.2. The van der Waals surface area contributed by atoms with Crippen LogP contribution in [0.4, 0.5) is 22.7 Å². The average molecular weight is 411 g/mol. The summed E-state index contributed by atoms with van der Waals surface area (Å²) < 4.78 is 0. The van der Waals surface area contributed by atoms with Gasteiger partial charge in [-0.05, 0) is 54.4 Å². The summed E-state index contributed by atoms with van der Waals surface area (Å²) in [4.78, 5) is 40.1. The number of rotatable bonds is 4. The molecule has 2 heterocycles. The van der Waals surface area contributed by atoms with E-state index in [4.69, 9.17) is 0 Å². The zero-order valence-corrected chi connectivity index (χ0v) is 16.9. The normalized spacial score (nSPS) is 15.4. The van der Waals surface area contributed by atoms with Crippen LogP contribution in [0.25, 0.3) is 0 Å². The minimum atomic E-state index is -0.245. The van der Waals surface area contributed by atoms with Gasteiger partial charge >= 0.3 is 0 Å². The molecule has 3 aromatic carbocycles. The third kappa shape index (κ3) is 3.46. The molecule has 31 heavy (non-hydrogen) atoms. The number of hydrogen-bond acceptors (Lipinski definition) is 4. The standard InChI is InChI=1S/C25H21N3O3/c29-23-13-14-24(30)28(23)19-11-9-18(10-12-19)25(31)26-20-6-2-4-8-22(20)27-16-15-17-5-1-3-7-21(17)27/h1-12H,13-16H2,(H,26,31). The third-order valence-electron chi connectivity index (χ3n) is 5.77. The summed E-state index contributed by atoms with van der Waals surface area (Å²) in [6.07, 6.45) is 1.43. The van der Waals surface area contributed by atoms with Gasteiger partial charge in [0.15, 0.2) is 0 Å². The topological polar surface area (TPSA) is 69.7 Å². The molecule has 2 aliphatic rings. The second kappa shape index (κ2) is 7.72. The summed E-state index contributed by atoms with van der Waals surface area (Å²) in [5.41, 5.74) is 5.10. The zero-order chi connectivity index (χ0) is 21.4. The molecule has 1 saturated heterocycles. The van der Waals surface area contributed by atoms with Crippen LogP contribution in [0.5, 0.6) is 0 Å². The summed E-state index contributed by atoms with van der Waals surface area (Å²) in [7, 11) is 0. The molecule has 0 unspecified atom stereocenters. The molecular formula is C25H21N3O3. The highest BCUT2D eigenvalue weighted by Gasteiger charge is 2.30. The summed E-state index contributed by atoms with van der Waals surface area (Å²) in [6.45, 7) is 0.860. The van der Waals surface area contributed by atoms with Crippen molar-refractivity contribution in [3.63, 3.8) is 0 Å². The molecule has 1 N–H and O–H groups in total. The Bertz CT molecular complexity index is 1170. The number of imide groups is 1. The molecule has 0 bridgehead atoms. The van der Waals surface area contributed by atoms with Crippen molar-refractivity contribution in [1.29, 1.82) is 0 Å². The number of amides is 3. The van der Waals surface area contributed by atoms with Gasteiger partial charge in [-0.15, -0.1) is 0 Å². The van der Waals surface area contributed by atoms with Crippen LogP contribution in [-0.2, 0) is 16.0 Å². The molecule has 3 aromatic rings. The second-order valence-corrected chi connectivity index (χ2v) is 7.67. The molecule has 0 aliphatic carbocycles. The van der Waals surface area contributed by atoms with Crippen molar-refractivity contribution >= 4 is 40.5 Å². The Balaban J connectivity index is 1.37. The van der Waals surface area contributed by atoms with Gasteiger partial charge in [0.2, 0.25) is 11.8 Å². The van der Waals surface area contributed by atoms with Gasteiger partial charge in [0, 0.05) is 30.6 Å². The average Bonchev–Trinajstić information content (AvgIpc) is 3.37. The molecule has 0 saturated carbocycles. The van der Waals surface area contributed by atoms with Crippen LogP contribution in [0.2, 0.25) is 0 Å². The van der Waals surface area contributed by atoms with Crippen LogP contribution < -0.4 is 15.1 Å². The molecule has 5 rings (SSSR count). The Morgan fingerprint density at radius 3 is 2.13 bits per heavy atom. The highest BCUT2D eigenvalue weighted by molar-refractivity contribution is 6.20. The van der Waals surface area contributed by atoms with Crippen LogP contribution >= 0.6 is 0 Å². The summed E-state index contributed by atoms with van der Waals surface area (Å²) in [5.74, 6) is -0.658. The van der Waals surface area contributed by atoms with E-state index < -0.39 is 0 Å². The fraction of sp³-hybridized carbons (Fsp3) is 0.160. The predicted octanol–water partition coefficient (Wildman–Crippen LogP) is 4.29. The fourth-order valence-electron chi connectivity index (χ4n) is 4.22. The number of hydrogen-bond donors (Lipinski definition) is 1. The molecule has 154 valence electrons. The fourth-order valence-corrected chi connectivity index (χ4v) is 4.22. The van der Waals surface area contributed by atoms with E-state index in [1.807, 2.05) is 36.4 Å². The van der Waals surface area contributed by atoms with E-state index in [9.17, 15) is 14.4 Å². The van der Waals surface area contributed by atoms with E-state index in [1.54, 1.807) is 24.3 Å². The minimum Gasteiger partial charge on any atom is -0.339 e. The predicted molar refractivity (Wildman–Crippen MR) is 120 cm³/mol. The van der Waals surface area contributed by atoms with Gasteiger partial charge in [0.05, 0.1) is 17.1 Å². The van der Waals surface area contributed by atoms with Gasteiger partial charge in [0.25, 0.3) is 5.91 Å². The van der Waals surface area contributed by atoms with Crippen molar-refractivity contribution in [2.24, 2.45) is 0 Å². The van der Waals surface area contributed by atoms with Gasteiger partial charge in [-0.25, -0.2) is 0 Å². The third-order valence-corrected chi connectivity index (χ3v) is 5.77. The van der Waals surface area contributed by atoms with Crippen molar-refractivity contribution in [2.45, 2.75) is 19.3 Å². The van der Waals surface area contributed by atoms with Crippen molar-refractivity contribution in [2.75, 3.05) is 21.7 Å². The Kier molecular flexibility index (Phi) is 4.75. The number of nitrogens with zero attached hydrogens (tertiary/aromatic N) is 2. The first kappa shape index (κ1) is 19.1. The van der Waals surface area contributed by atoms with E-state index in [2.05, 4.69) is 22.3 Å². The molecule has 0 spiro atoms. The lowest BCUT2D eigenvalue weighted by molar-refractivity contribution is -0.121. The molecule has 2 aliphatic heterocycles. The summed E-state index contributed by atoms with van der Waals surface area (Å²) >= 11 is 0. The van der Waals surface area contributed by atoms with Crippen LogP contribution in [0.15, 0.2) is 72.8 Å². The number of fused-ring (bicyclic) bond motifs is 1. The first-order valence-corrected chi connectivity index (χ1v) is 10.3. The van der Waals surface area contributed by atoms with Gasteiger partial charge < -0.3 is 10.2 Å². The first-order valence-electron chi connectivity index (χ1n) is 10.3. The number of anilines is 4. The van der Waals surface area contributed by atoms with Gasteiger partial charge in [-0.1, -0.05) is 30.3 Å². The Labute approximate surface area is 180 Å². The Morgan fingerprint density at radius 1 is 0.742 bits per heavy atom. The van der Waals surface area contributed by atoms with Crippen LogP contribution in [0.3, 0.4) is 0 Å². The first-order chi connectivity index (χ1) is 15.1. The van der Waals surface area contributed by atoms with Gasteiger partial charge in [-0.2, -0.15) is 0 Å². The molecule has 1 fully saturated rings. The van der Waals surface area contributed by atoms with E-state index in [-0.39, 0.29) is 30.6 Å². The van der Waals surface area contributed by atoms with E-state index >= 15 is 0 Å². The molecular weight excluding hydrogens is 390 g/mol. The number of carbonyl (C=O) groups excluding carboxylic acids is 3. The van der Waals surface area contributed by atoms with Crippen LogP contribution in [-0.4, -0.2) is 24.3 Å². The largest absolute Gasteiger partial charge is 0.339 e. The summed E-state index contributed by atoms with van der Waals surface area (Å²) in [5, 5.41) is 3.01. The maximum absolute atomic E-state index is 12.9. The Hall–Kier alpha value is -3.93. The lowest BCUT2D eigenvalue weighted by Gasteiger charge is -2.23. The van der Waals surface area contributed by atoms with Crippen LogP contribution in [0.1, 0.15) is 28.8 Å². The molecule has 0 aromatic heterocycles. The number of benzene rings is 3. The SMILES string of the molecule is O=C(Nc1ccccc1N1CCc2ccccc21)c1ccc(N2C(=O)CCC2=O)cc1. The summed E-state index contributed by atoms with van der Waals surface area (Å²) in [6, 6.07) is 22.6. The molecule has 3 amide bonds. The lowest BCUT2D eigenvalue weighted by atomic mass is 10.1. The number of nitrogens with one attached hydrogen (secondary N) is 1. The van der Waals surface area contributed by atoms with Crippen molar-refractivity contribution < 1.29 is 14.4 Å². The zero-order valence-electron chi connectivity index (χ0n) is 16.9. The monoisotopic (exact) mass is 411 g/mol. The van der Waals surface area contributed by atoms with Gasteiger partial charge in [0.1, 0.15) is 0 Å². The van der Waals surface area contributed by atoms with E-state index in [1.165, 1.54) is 10.5 Å². The molecule has 6 nitrogen and oxygen atoms in total. The van der Waals surface area contributed by atoms with E-state index in [0.29, 0.717) is 11.3 Å². The smallest absolute Gasteiger partial charge is 0.255 e. The van der Waals surface area contributed by atoms with E-state index in [0.717, 1.165) is 30.0 Å². The van der Waals surface area contributed by atoms with Crippen LogP contribution in [0, 0.1) is 0 Å². The van der Waals surface area contributed by atoms with Crippen molar-refractivity contribution in [3.05, 3.63) is 83.9 Å². The lowest BCUT2D eigenvalue weighted by Crippen LogP contribution is -2.28.